The van der Waals surface area contributed by atoms with E-state index in [1.165, 1.54) is 5.57 Å². The molecule has 0 fully saturated rings. The van der Waals surface area contributed by atoms with Crippen molar-refractivity contribution in [2.75, 3.05) is 0 Å². The third-order valence-corrected chi connectivity index (χ3v) is 1.64. The highest BCUT2D eigenvalue weighted by molar-refractivity contribution is 5.33. The summed E-state index contributed by atoms with van der Waals surface area (Å²) in [6, 6.07) is 0. The van der Waals surface area contributed by atoms with E-state index in [0.29, 0.717) is 5.70 Å². The summed E-state index contributed by atoms with van der Waals surface area (Å²) < 4.78 is 0. The molecular weight excluding hydrogens is 146 g/mol. The van der Waals surface area contributed by atoms with Gasteiger partial charge in [-0.3, -0.25) is 0 Å². The predicted molar refractivity (Wildman–Crippen MR) is 53.4 cm³/mol. The first kappa shape index (κ1) is 8.60. The molecule has 0 radical (unpaired) electrons. The Morgan fingerprint density at radius 2 is 2.33 bits per heavy atom. The molecule has 0 atom stereocenters. The zero-order chi connectivity index (χ0) is 8.81. The van der Waals surface area contributed by atoms with Gasteiger partial charge in [0.1, 0.15) is 0 Å². The summed E-state index contributed by atoms with van der Waals surface area (Å²) >= 11 is 0. The molecule has 62 valence electrons. The van der Waals surface area contributed by atoms with Gasteiger partial charge in [0.05, 0.1) is 0 Å². The zero-order valence-electron chi connectivity index (χ0n) is 7.03. The molecule has 0 aromatic heterocycles. The van der Waals surface area contributed by atoms with Crippen LogP contribution < -0.4 is 5.73 Å². The first-order chi connectivity index (χ1) is 5.83. The third-order valence-electron chi connectivity index (χ3n) is 1.64. The lowest BCUT2D eigenvalue weighted by molar-refractivity contribution is 1.26. The van der Waals surface area contributed by atoms with Gasteiger partial charge in [0.2, 0.25) is 0 Å². The number of rotatable bonds is 2. The smallest absolute Gasteiger partial charge is 0.0308 e. The number of allylic oxidation sites excluding steroid dienone is 8. The predicted octanol–water partition coefficient (Wildman–Crippen LogP) is 2.46. The van der Waals surface area contributed by atoms with Crippen molar-refractivity contribution >= 4 is 0 Å². The Hall–Kier alpha value is -1.50. The van der Waals surface area contributed by atoms with Crippen molar-refractivity contribution in [2.24, 2.45) is 5.73 Å². The quantitative estimate of drug-likeness (QED) is 0.615. The van der Waals surface area contributed by atoms with Crippen molar-refractivity contribution in [1.82, 2.24) is 0 Å². The molecule has 0 bridgehead atoms. The van der Waals surface area contributed by atoms with Gasteiger partial charge in [-0.25, -0.2) is 0 Å². The standard InChI is InChI=1S/C11H13N/c1-2-11(12)9-8-10-6-4-3-5-7-10/h2-6,8-9H,1,7,12H2/b10-8-,11-9+. The molecule has 0 saturated heterocycles. The Kier molecular flexibility index (Phi) is 3.15. The maximum absolute atomic E-state index is 5.55. The normalized spacial score (nSPS) is 20.0. The lowest BCUT2D eigenvalue weighted by Crippen LogP contribution is -1.90. The van der Waals surface area contributed by atoms with Gasteiger partial charge in [0.15, 0.2) is 0 Å². The van der Waals surface area contributed by atoms with Crippen molar-refractivity contribution in [3.8, 4) is 0 Å². The van der Waals surface area contributed by atoms with E-state index in [1.807, 2.05) is 24.3 Å². The van der Waals surface area contributed by atoms with E-state index in [0.717, 1.165) is 6.42 Å². The summed E-state index contributed by atoms with van der Waals surface area (Å²) in [6.07, 6.45) is 14.8. The molecule has 1 rings (SSSR count). The fourth-order valence-corrected chi connectivity index (χ4v) is 0.925. The summed E-state index contributed by atoms with van der Waals surface area (Å²) in [5, 5.41) is 0. The van der Waals surface area contributed by atoms with Crippen molar-refractivity contribution < 1.29 is 0 Å². The van der Waals surface area contributed by atoms with Crippen LogP contribution in [-0.2, 0) is 0 Å². The minimum Gasteiger partial charge on any atom is -0.399 e. The molecule has 1 heteroatoms. The molecule has 0 aromatic carbocycles. The average Bonchev–Trinajstić information content (AvgIpc) is 2.16. The lowest BCUT2D eigenvalue weighted by atomic mass is 10.1. The van der Waals surface area contributed by atoms with Gasteiger partial charge < -0.3 is 5.73 Å². The van der Waals surface area contributed by atoms with Crippen LogP contribution in [0.1, 0.15) is 6.42 Å². The molecule has 0 aliphatic heterocycles. The van der Waals surface area contributed by atoms with E-state index < -0.39 is 0 Å². The molecule has 0 unspecified atom stereocenters. The van der Waals surface area contributed by atoms with Crippen LogP contribution in [0, 0.1) is 0 Å². The number of hydrogen-bond donors (Lipinski definition) is 1. The summed E-state index contributed by atoms with van der Waals surface area (Å²) in [4.78, 5) is 0. The van der Waals surface area contributed by atoms with Gasteiger partial charge in [0.25, 0.3) is 0 Å². The Labute approximate surface area is 73.3 Å². The molecule has 0 saturated carbocycles. The van der Waals surface area contributed by atoms with Crippen molar-refractivity contribution in [3.63, 3.8) is 0 Å². The van der Waals surface area contributed by atoms with Gasteiger partial charge in [0, 0.05) is 5.70 Å². The fourth-order valence-electron chi connectivity index (χ4n) is 0.925. The monoisotopic (exact) mass is 159 g/mol. The van der Waals surface area contributed by atoms with Gasteiger partial charge >= 0.3 is 0 Å². The van der Waals surface area contributed by atoms with E-state index in [1.54, 1.807) is 6.08 Å². The van der Waals surface area contributed by atoms with Crippen molar-refractivity contribution in [1.29, 1.82) is 0 Å². The molecule has 0 aromatic rings. The van der Waals surface area contributed by atoms with Gasteiger partial charge in [-0.1, -0.05) is 37.0 Å². The SMILES string of the molecule is C=C/C(N)=C\C=C1\C=CC=CC1. The molecule has 2 N–H and O–H groups in total. The maximum atomic E-state index is 5.55. The Balaban J connectivity index is 2.64. The zero-order valence-corrected chi connectivity index (χ0v) is 7.03. The minimum atomic E-state index is 0.699. The lowest BCUT2D eigenvalue weighted by Gasteiger charge is -1.99. The van der Waals surface area contributed by atoms with Crippen LogP contribution in [0.4, 0.5) is 0 Å². The highest BCUT2D eigenvalue weighted by Crippen LogP contribution is 2.09. The number of hydrogen-bond acceptors (Lipinski definition) is 1. The minimum absolute atomic E-state index is 0.699. The highest BCUT2D eigenvalue weighted by Gasteiger charge is 1.90. The van der Waals surface area contributed by atoms with E-state index in [9.17, 15) is 0 Å². The molecule has 0 amide bonds. The molecule has 1 nitrogen and oxygen atoms in total. The maximum Gasteiger partial charge on any atom is 0.0308 e. The third kappa shape index (κ3) is 2.62. The van der Waals surface area contributed by atoms with Crippen LogP contribution in [0.3, 0.4) is 0 Å². The average molecular weight is 159 g/mol. The molecule has 1 aliphatic rings. The first-order valence-corrected chi connectivity index (χ1v) is 3.95. The second-order valence-corrected chi connectivity index (χ2v) is 2.60. The largest absolute Gasteiger partial charge is 0.399 e. The Morgan fingerprint density at radius 3 is 2.92 bits per heavy atom. The molecule has 0 heterocycles. The van der Waals surface area contributed by atoms with E-state index in [2.05, 4.69) is 18.7 Å². The summed E-state index contributed by atoms with van der Waals surface area (Å²) in [5.74, 6) is 0. The second-order valence-electron chi connectivity index (χ2n) is 2.60. The molecular formula is C11H13N. The van der Waals surface area contributed by atoms with Crippen LogP contribution in [0.5, 0.6) is 0 Å². The van der Waals surface area contributed by atoms with E-state index in [-0.39, 0.29) is 0 Å². The van der Waals surface area contributed by atoms with Gasteiger partial charge in [-0.2, -0.15) is 0 Å². The van der Waals surface area contributed by atoms with E-state index in [4.69, 9.17) is 5.73 Å². The fraction of sp³-hybridized carbons (Fsp3) is 0.0909. The topological polar surface area (TPSA) is 26.0 Å². The molecule has 1 aliphatic carbocycles. The molecule has 0 spiro atoms. The van der Waals surface area contributed by atoms with Crippen LogP contribution in [-0.4, -0.2) is 0 Å². The first-order valence-electron chi connectivity index (χ1n) is 3.95. The van der Waals surface area contributed by atoms with Crippen LogP contribution in [0.2, 0.25) is 0 Å². The van der Waals surface area contributed by atoms with Crippen LogP contribution in [0.25, 0.3) is 0 Å². The highest BCUT2D eigenvalue weighted by atomic mass is 14.5. The second kappa shape index (κ2) is 4.39. The summed E-state index contributed by atoms with van der Waals surface area (Å²) in [5.41, 5.74) is 7.51. The summed E-state index contributed by atoms with van der Waals surface area (Å²) in [6.45, 7) is 3.57. The number of nitrogens with two attached hydrogens (primary N) is 1. The van der Waals surface area contributed by atoms with Gasteiger partial charge in [-0.05, 0) is 24.1 Å². The Bertz CT molecular complexity index is 277. The molecule has 12 heavy (non-hydrogen) atoms. The summed E-state index contributed by atoms with van der Waals surface area (Å²) in [7, 11) is 0. The van der Waals surface area contributed by atoms with Crippen molar-refractivity contribution in [2.45, 2.75) is 6.42 Å². The Morgan fingerprint density at radius 1 is 1.50 bits per heavy atom. The van der Waals surface area contributed by atoms with E-state index >= 15 is 0 Å². The van der Waals surface area contributed by atoms with Crippen LogP contribution in [0.15, 0.2) is 60.4 Å². The van der Waals surface area contributed by atoms with Crippen LogP contribution >= 0.6 is 0 Å². The van der Waals surface area contributed by atoms with Crippen molar-refractivity contribution in [3.05, 3.63) is 60.4 Å². The van der Waals surface area contributed by atoms with Gasteiger partial charge in [-0.15, -0.1) is 0 Å².